The Labute approximate surface area is 225 Å². The van der Waals surface area contributed by atoms with Crippen molar-refractivity contribution < 1.29 is 8.42 Å². The normalized spacial score (nSPS) is 15.4. The van der Waals surface area contributed by atoms with E-state index in [9.17, 15) is 8.42 Å². The van der Waals surface area contributed by atoms with E-state index >= 15 is 0 Å². The van der Waals surface area contributed by atoms with Gasteiger partial charge in [-0.2, -0.15) is 0 Å². The fourth-order valence-corrected chi connectivity index (χ4v) is 8.36. The van der Waals surface area contributed by atoms with Gasteiger partial charge in [-0.15, -0.1) is 22.7 Å². The van der Waals surface area contributed by atoms with E-state index in [1.807, 2.05) is 24.4 Å². The number of rotatable bonds is 7. The molecule has 0 saturated carbocycles. The van der Waals surface area contributed by atoms with Crippen molar-refractivity contribution in [2.75, 3.05) is 24.4 Å². The number of thiazole rings is 1. The molecule has 0 radical (unpaired) electrons. The highest BCUT2D eigenvalue weighted by Crippen LogP contribution is 2.35. The van der Waals surface area contributed by atoms with Crippen LogP contribution in [0.2, 0.25) is 0 Å². The number of fused-ring (bicyclic) bond motifs is 1. The number of hydrogen-bond donors (Lipinski definition) is 1. The van der Waals surface area contributed by atoms with Crippen molar-refractivity contribution >= 4 is 49.3 Å². The van der Waals surface area contributed by atoms with E-state index in [2.05, 4.69) is 46.3 Å². The summed E-state index contributed by atoms with van der Waals surface area (Å²) in [6, 6.07) is 22.0. The molecule has 0 amide bonds. The number of hydrogen-bond acceptors (Lipinski definition) is 6. The van der Waals surface area contributed by atoms with E-state index in [-0.39, 0.29) is 0 Å². The minimum Gasteiger partial charge on any atom is -0.351 e. The molecule has 9 heteroatoms. The maximum atomic E-state index is 13.1. The third kappa shape index (κ3) is 4.84. The van der Waals surface area contributed by atoms with Crippen LogP contribution < -0.4 is 4.31 Å². The first-order chi connectivity index (χ1) is 18.0. The number of piperidine rings is 1. The number of para-hydroxylation sites is 1. The molecule has 0 bridgehead atoms. The first-order valence-electron chi connectivity index (χ1n) is 12.4. The zero-order chi connectivity index (χ0) is 25.4. The van der Waals surface area contributed by atoms with E-state index in [1.165, 1.54) is 38.9 Å². The number of thiophene rings is 1. The maximum Gasteiger partial charge on any atom is 0.273 e. The first-order valence-corrected chi connectivity index (χ1v) is 15.5. The number of nitrogens with one attached hydrogen (secondary N) is 1. The van der Waals surface area contributed by atoms with Crippen LogP contribution in [0.3, 0.4) is 0 Å². The molecule has 1 saturated heterocycles. The first kappa shape index (κ1) is 24.4. The molecule has 6 nitrogen and oxygen atoms in total. The summed E-state index contributed by atoms with van der Waals surface area (Å²) in [5, 5.41) is 3.65. The maximum absolute atomic E-state index is 13.1. The third-order valence-electron chi connectivity index (χ3n) is 7.11. The van der Waals surface area contributed by atoms with Crippen LogP contribution in [0.4, 0.5) is 5.69 Å². The highest BCUT2D eigenvalue weighted by molar-refractivity contribution is 7.94. The van der Waals surface area contributed by atoms with Gasteiger partial charge in [-0.05, 0) is 61.0 Å². The molecule has 190 valence electrons. The van der Waals surface area contributed by atoms with Crippen LogP contribution in [0, 0.1) is 0 Å². The van der Waals surface area contributed by atoms with E-state index < -0.39 is 10.0 Å². The van der Waals surface area contributed by atoms with Crippen molar-refractivity contribution in [3.05, 3.63) is 88.7 Å². The summed E-state index contributed by atoms with van der Waals surface area (Å²) >= 11 is 2.92. The number of aromatic nitrogens is 2. The predicted molar refractivity (Wildman–Crippen MR) is 153 cm³/mol. The van der Waals surface area contributed by atoms with Gasteiger partial charge in [0, 0.05) is 30.1 Å². The lowest BCUT2D eigenvalue weighted by atomic mass is 9.89. The average molecular weight is 549 g/mol. The second-order valence-corrected chi connectivity index (χ2v) is 13.7. The fraction of sp³-hybridized carbons (Fsp3) is 0.250. The monoisotopic (exact) mass is 548 g/mol. The van der Waals surface area contributed by atoms with Crippen LogP contribution in [0.15, 0.2) is 82.5 Å². The molecule has 37 heavy (non-hydrogen) atoms. The van der Waals surface area contributed by atoms with E-state index in [1.54, 1.807) is 35.9 Å². The summed E-state index contributed by atoms with van der Waals surface area (Å²) in [5.41, 5.74) is 3.77. The minimum absolute atomic E-state index is 0.330. The van der Waals surface area contributed by atoms with Gasteiger partial charge in [0.1, 0.15) is 9.22 Å². The van der Waals surface area contributed by atoms with E-state index in [0.717, 1.165) is 41.2 Å². The molecular formula is C28H28N4O2S3. The van der Waals surface area contributed by atoms with Gasteiger partial charge in [-0.25, -0.2) is 13.4 Å². The largest absolute Gasteiger partial charge is 0.351 e. The van der Waals surface area contributed by atoms with Gasteiger partial charge in [0.05, 0.1) is 16.9 Å². The minimum atomic E-state index is -3.62. The van der Waals surface area contributed by atoms with Crippen molar-refractivity contribution in [1.29, 1.82) is 0 Å². The Balaban J connectivity index is 1.18. The molecule has 6 rings (SSSR count). The van der Waals surface area contributed by atoms with Gasteiger partial charge in [-0.3, -0.25) is 9.21 Å². The summed E-state index contributed by atoms with van der Waals surface area (Å²) in [6.07, 6.45) is 4.34. The van der Waals surface area contributed by atoms with Gasteiger partial charge in [0.25, 0.3) is 10.0 Å². The van der Waals surface area contributed by atoms with Crippen LogP contribution in [-0.4, -0.2) is 43.4 Å². The molecule has 2 aromatic carbocycles. The van der Waals surface area contributed by atoms with Crippen molar-refractivity contribution in [2.45, 2.75) is 29.5 Å². The zero-order valence-corrected chi connectivity index (χ0v) is 23.0. The molecule has 1 aliphatic rings. The molecule has 3 aromatic heterocycles. The number of aromatic amines is 1. The van der Waals surface area contributed by atoms with E-state index in [0.29, 0.717) is 15.8 Å². The van der Waals surface area contributed by atoms with Gasteiger partial charge >= 0.3 is 0 Å². The highest BCUT2D eigenvalue weighted by atomic mass is 32.2. The van der Waals surface area contributed by atoms with Crippen molar-refractivity contribution in [3.63, 3.8) is 0 Å². The molecule has 0 atom stereocenters. The predicted octanol–water partition coefficient (Wildman–Crippen LogP) is 6.56. The molecular weight excluding hydrogens is 521 g/mol. The van der Waals surface area contributed by atoms with Gasteiger partial charge < -0.3 is 4.98 Å². The summed E-state index contributed by atoms with van der Waals surface area (Å²) in [7, 11) is -2.01. The molecule has 0 unspecified atom stereocenters. The third-order valence-corrected chi connectivity index (χ3v) is 11.3. The van der Waals surface area contributed by atoms with Crippen molar-refractivity contribution in [2.24, 2.45) is 0 Å². The molecule has 4 heterocycles. The quantitative estimate of drug-likeness (QED) is 0.250. The van der Waals surface area contributed by atoms with Crippen LogP contribution in [0.5, 0.6) is 0 Å². The summed E-state index contributed by atoms with van der Waals surface area (Å²) in [5.74, 6) is 0.650. The van der Waals surface area contributed by atoms with Crippen molar-refractivity contribution in [3.8, 4) is 10.7 Å². The number of H-pyrrole nitrogens is 1. The number of sulfonamides is 1. The van der Waals surface area contributed by atoms with Crippen LogP contribution in [0.25, 0.3) is 21.6 Å². The van der Waals surface area contributed by atoms with E-state index in [4.69, 9.17) is 4.98 Å². The Morgan fingerprint density at radius 3 is 2.62 bits per heavy atom. The Morgan fingerprint density at radius 2 is 1.86 bits per heavy atom. The Kier molecular flexibility index (Phi) is 6.62. The smallest absolute Gasteiger partial charge is 0.273 e. The lowest BCUT2D eigenvalue weighted by molar-refractivity contribution is 0.206. The molecule has 0 aliphatic carbocycles. The SMILES string of the molecule is CN(c1cccc2cc(-c3ncc(CN4CCC(c5ccccc5)CC4)s3)[nH]c12)S(=O)(=O)c1cccs1. The molecule has 1 N–H and O–H groups in total. The second-order valence-electron chi connectivity index (χ2n) is 9.42. The summed E-state index contributed by atoms with van der Waals surface area (Å²) in [6.45, 7) is 3.09. The lowest BCUT2D eigenvalue weighted by Crippen LogP contribution is -2.32. The summed E-state index contributed by atoms with van der Waals surface area (Å²) in [4.78, 5) is 11.9. The number of likely N-dealkylation sites (tertiary alicyclic amines) is 1. The average Bonchev–Trinajstić information content (AvgIpc) is 3.70. The lowest BCUT2D eigenvalue weighted by Gasteiger charge is -2.31. The van der Waals surface area contributed by atoms with Gasteiger partial charge in [0.2, 0.25) is 0 Å². The Bertz CT molecular complexity index is 1600. The van der Waals surface area contributed by atoms with Crippen molar-refractivity contribution in [1.82, 2.24) is 14.9 Å². The Morgan fingerprint density at radius 1 is 1.05 bits per heavy atom. The second kappa shape index (κ2) is 10.1. The number of benzene rings is 2. The van der Waals surface area contributed by atoms with Crippen LogP contribution in [0.1, 0.15) is 29.2 Å². The summed E-state index contributed by atoms with van der Waals surface area (Å²) < 4.78 is 27.9. The molecule has 1 aliphatic heterocycles. The van der Waals surface area contributed by atoms with Gasteiger partial charge in [-0.1, -0.05) is 48.5 Å². The standard InChI is InChI=1S/C28H28N4O2S3/c1-31(37(33,34)26-11-6-16-35-26)25-10-5-9-22-17-24(30-27(22)25)28-29-18-23(36-28)19-32-14-12-21(13-15-32)20-7-3-2-4-8-20/h2-11,16-18,21,30H,12-15,19H2,1H3. The topological polar surface area (TPSA) is 69.3 Å². The number of anilines is 1. The number of nitrogens with zero attached hydrogens (tertiary/aromatic N) is 3. The fourth-order valence-electron chi connectivity index (χ4n) is 5.07. The van der Waals surface area contributed by atoms with Crippen LogP contribution in [-0.2, 0) is 16.6 Å². The highest BCUT2D eigenvalue weighted by Gasteiger charge is 2.25. The van der Waals surface area contributed by atoms with Crippen LogP contribution >= 0.6 is 22.7 Å². The molecule has 5 aromatic rings. The molecule has 1 fully saturated rings. The zero-order valence-electron chi connectivity index (χ0n) is 20.5. The Hall–Kier alpha value is -2.98. The molecule has 0 spiro atoms. The van der Waals surface area contributed by atoms with Gasteiger partial charge in [0.15, 0.2) is 0 Å².